The van der Waals surface area contributed by atoms with E-state index in [1.54, 1.807) is 0 Å². The smallest absolute Gasteiger partial charge is 0.0695 e. The van der Waals surface area contributed by atoms with Crippen molar-refractivity contribution in [1.82, 2.24) is 4.90 Å². The van der Waals surface area contributed by atoms with Crippen LogP contribution in [0.5, 0.6) is 0 Å². The second kappa shape index (κ2) is 6.38. The number of hydrogen-bond acceptors (Lipinski definition) is 2. The Kier molecular flexibility index (Phi) is 5.08. The van der Waals surface area contributed by atoms with Crippen molar-refractivity contribution in [2.75, 3.05) is 13.1 Å². The molecule has 2 rings (SSSR count). The summed E-state index contributed by atoms with van der Waals surface area (Å²) in [5, 5.41) is 10.3. The number of rotatable bonds is 5. The minimum absolute atomic E-state index is 0.113. The van der Waals surface area contributed by atoms with Gasteiger partial charge in [-0.25, -0.2) is 0 Å². The highest BCUT2D eigenvalue weighted by molar-refractivity contribution is 4.92. The van der Waals surface area contributed by atoms with Crippen LogP contribution in [0.4, 0.5) is 0 Å². The van der Waals surface area contributed by atoms with Gasteiger partial charge >= 0.3 is 0 Å². The Hall–Kier alpha value is -0.0800. The predicted octanol–water partition coefficient (Wildman–Crippen LogP) is 3.58. The largest absolute Gasteiger partial charge is 0.391 e. The van der Waals surface area contributed by atoms with Crippen LogP contribution < -0.4 is 0 Å². The monoisotopic (exact) mass is 253 g/mol. The molecule has 106 valence electrons. The van der Waals surface area contributed by atoms with Gasteiger partial charge in [0.2, 0.25) is 0 Å². The van der Waals surface area contributed by atoms with E-state index in [9.17, 15) is 5.11 Å². The number of likely N-dealkylation sites (tertiary alicyclic amines) is 1. The molecule has 2 atom stereocenters. The summed E-state index contributed by atoms with van der Waals surface area (Å²) in [5.41, 5.74) is 0.699. The molecule has 1 saturated heterocycles. The SMILES string of the molecule is CCCC(O)C(CC)N1CCC2(CCCC2)CC1. The summed E-state index contributed by atoms with van der Waals surface area (Å²) in [6.07, 6.45) is 11.6. The lowest BCUT2D eigenvalue weighted by molar-refractivity contribution is 0.00407. The molecule has 0 amide bonds. The fraction of sp³-hybridized carbons (Fsp3) is 1.00. The highest BCUT2D eigenvalue weighted by Gasteiger charge is 2.38. The summed E-state index contributed by atoms with van der Waals surface area (Å²) < 4.78 is 0. The van der Waals surface area contributed by atoms with Gasteiger partial charge < -0.3 is 5.11 Å². The molecule has 2 nitrogen and oxygen atoms in total. The molecule has 2 unspecified atom stereocenters. The molecule has 1 spiro atoms. The van der Waals surface area contributed by atoms with Gasteiger partial charge in [0, 0.05) is 6.04 Å². The zero-order valence-corrected chi connectivity index (χ0v) is 12.3. The van der Waals surface area contributed by atoms with E-state index in [4.69, 9.17) is 0 Å². The van der Waals surface area contributed by atoms with Crippen LogP contribution in [-0.4, -0.2) is 35.2 Å². The van der Waals surface area contributed by atoms with Gasteiger partial charge in [0.25, 0.3) is 0 Å². The molecule has 1 N–H and O–H groups in total. The third-order valence-electron chi connectivity index (χ3n) is 5.44. The average molecular weight is 253 g/mol. The minimum atomic E-state index is -0.113. The standard InChI is InChI=1S/C16H31NO/c1-3-7-15(18)14(4-2)17-12-10-16(11-13-17)8-5-6-9-16/h14-15,18H,3-13H2,1-2H3. The van der Waals surface area contributed by atoms with E-state index in [0.29, 0.717) is 11.5 Å². The van der Waals surface area contributed by atoms with Gasteiger partial charge in [0.05, 0.1) is 6.10 Å². The molecule has 18 heavy (non-hydrogen) atoms. The maximum absolute atomic E-state index is 10.3. The van der Waals surface area contributed by atoms with E-state index < -0.39 is 0 Å². The first-order valence-corrected chi connectivity index (χ1v) is 8.13. The van der Waals surface area contributed by atoms with Crippen molar-refractivity contribution in [3.05, 3.63) is 0 Å². The molecular weight excluding hydrogens is 222 g/mol. The van der Waals surface area contributed by atoms with E-state index in [1.165, 1.54) is 51.6 Å². The van der Waals surface area contributed by atoms with E-state index >= 15 is 0 Å². The molecule has 0 aromatic rings. The Morgan fingerprint density at radius 3 is 2.17 bits per heavy atom. The normalized spacial score (nSPS) is 27.5. The van der Waals surface area contributed by atoms with E-state index in [2.05, 4.69) is 18.7 Å². The number of aliphatic hydroxyl groups is 1. The van der Waals surface area contributed by atoms with Crippen molar-refractivity contribution in [3.63, 3.8) is 0 Å². The lowest BCUT2D eigenvalue weighted by atomic mass is 9.76. The van der Waals surface area contributed by atoms with Gasteiger partial charge in [-0.2, -0.15) is 0 Å². The van der Waals surface area contributed by atoms with Crippen molar-refractivity contribution < 1.29 is 5.11 Å². The van der Waals surface area contributed by atoms with Gasteiger partial charge in [-0.1, -0.05) is 33.1 Å². The molecular formula is C16H31NO. The van der Waals surface area contributed by atoms with Crippen molar-refractivity contribution >= 4 is 0 Å². The second-order valence-corrected chi connectivity index (χ2v) is 6.57. The lowest BCUT2D eigenvalue weighted by Crippen LogP contribution is -2.49. The molecule has 1 saturated carbocycles. The van der Waals surface area contributed by atoms with Crippen molar-refractivity contribution in [1.29, 1.82) is 0 Å². The summed E-state index contributed by atoms with van der Waals surface area (Å²) in [6.45, 7) is 6.84. The highest BCUT2D eigenvalue weighted by Crippen LogP contribution is 2.46. The molecule has 1 aliphatic carbocycles. The Morgan fingerprint density at radius 1 is 1.06 bits per heavy atom. The molecule has 0 bridgehead atoms. The van der Waals surface area contributed by atoms with Crippen molar-refractivity contribution in [3.8, 4) is 0 Å². The van der Waals surface area contributed by atoms with Crippen LogP contribution in [0.25, 0.3) is 0 Å². The minimum Gasteiger partial charge on any atom is -0.391 e. The van der Waals surface area contributed by atoms with E-state index in [1.807, 2.05) is 0 Å². The molecule has 2 fully saturated rings. The van der Waals surface area contributed by atoms with Crippen LogP contribution in [0.2, 0.25) is 0 Å². The van der Waals surface area contributed by atoms with Crippen LogP contribution in [0, 0.1) is 5.41 Å². The second-order valence-electron chi connectivity index (χ2n) is 6.57. The lowest BCUT2D eigenvalue weighted by Gasteiger charge is -2.44. The predicted molar refractivity (Wildman–Crippen MR) is 76.7 cm³/mol. The fourth-order valence-electron chi connectivity index (χ4n) is 4.22. The van der Waals surface area contributed by atoms with Crippen molar-refractivity contribution in [2.45, 2.75) is 83.8 Å². The van der Waals surface area contributed by atoms with Crippen LogP contribution in [0.15, 0.2) is 0 Å². The first-order chi connectivity index (χ1) is 8.71. The fourth-order valence-corrected chi connectivity index (χ4v) is 4.22. The van der Waals surface area contributed by atoms with Gasteiger partial charge in [-0.3, -0.25) is 4.90 Å². The first-order valence-electron chi connectivity index (χ1n) is 8.13. The number of hydrogen-bond donors (Lipinski definition) is 1. The van der Waals surface area contributed by atoms with Crippen molar-refractivity contribution in [2.24, 2.45) is 5.41 Å². The molecule has 1 aliphatic heterocycles. The molecule has 1 heterocycles. The number of nitrogens with zero attached hydrogens (tertiary/aromatic N) is 1. The summed E-state index contributed by atoms with van der Waals surface area (Å²) in [5.74, 6) is 0. The molecule has 0 aromatic carbocycles. The summed E-state index contributed by atoms with van der Waals surface area (Å²) in [6, 6.07) is 0.406. The topological polar surface area (TPSA) is 23.5 Å². The molecule has 2 heteroatoms. The van der Waals surface area contributed by atoms with E-state index in [0.717, 1.165) is 19.3 Å². The maximum Gasteiger partial charge on any atom is 0.0695 e. The molecule has 0 radical (unpaired) electrons. The Balaban J connectivity index is 1.87. The maximum atomic E-state index is 10.3. The number of aliphatic hydroxyl groups excluding tert-OH is 1. The third kappa shape index (κ3) is 3.08. The molecule has 2 aliphatic rings. The average Bonchev–Trinajstić information content (AvgIpc) is 2.82. The third-order valence-corrected chi connectivity index (χ3v) is 5.44. The van der Waals surface area contributed by atoms with Gasteiger partial charge in [-0.05, 0) is 57.0 Å². The Bertz CT molecular complexity index is 237. The number of piperidine rings is 1. The quantitative estimate of drug-likeness (QED) is 0.809. The van der Waals surface area contributed by atoms with Crippen LogP contribution in [0.3, 0.4) is 0 Å². The summed E-state index contributed by atoms with van der Waals surface area (Å²) in [7, 11) is 0. The molecule has 0 aromatic heterocycles. The van der Waals surface area contributed by atoms with Gasteiger partial charge in [-0.15, -0.1) is 0 Å². The Labute approximate surface area is 113 Å². The highest BCUT2D eigenvalue weighted by atomic mass is 16.3. The zero-order valence-electron chi connectivity index (χ0n) is 12.3. The summed E-state index contributed by atoms with van der Waals surface area (Å²) in [4.78, 5) is 2.57. The van der Waals surface area contributed by atoms with Gasteiger partial charge in [0.15, 0.2) is 0 Å². The van der Waals surface area contributed by atoms with Crippen LogP contribution in [0.1, 0.15) is 71.6 Å². The first kappa shape index (κ1) is 14.3. The van der Waals surface area contributed by atoms with Crippen LogP contribution >= 0.6 is 0 Å². The van der Waals surface area contributed by atoms with Gasteiger partial charge in [0.1, 0.15) is 0 Å². The van der Waals surface area contributed by atoms with Crippen LogP contribution in [-0.2, 0) is 0 Å². The zero-order chi connectivity index (χ0) is 13.0. The Morgan fingerprint density at radius 2 is 1.67 bits per heavy atom. The van der Waals surface area contributed by atoms with E-state index in [-0.39, 0.29) is 6.10 Å². The summed E-state index contributed by atoms with van der Waals surface area (Å²) >= 11 is 0.